The van der Waals surface area contributed by atoms with Crippen molar-refractivity contribution in [1.82, 2.24) is 0 Å². The molecule has 1 aromatic rings. The maximum absolute atomic E-state index is 12.5. The van der Waals surface area contributed by atoms with Crippen LogP contribution in [0.15, 0.2) is 30.3 Å². The molecule has 0 aliphatic carbocycles. The van der Waals surface area contributed by atoms with Gasteiger partial charge in [-0.3, -0.25) is 4.79 Å². The van der Waals surface area contributed by atoms with Gasteiger partial charge in [0.2, 0.25) is 0 Å². The number of ether oxygens (including phenoxy) is 2. The van der Waals surface area contributed by atoms with Gasteiger partial charge >= 0.3 is 0 Å². The lowest BCUT2D eigenvalue weighted by atomic mass is 9.85. The first-order valence-electron chi connectivity index (χ1n) is 7.03. The quantitative estimate of drug-likeness (QED) is 0.789. The second-order valence-electron chi connectivity index (χ2n) is 5.13. The van der Waals surface area contributed by atoms with Crippen molar-refractivity contribution < 1.29 is 14.3 Å². The average molecular weight is 262 g/mol. The standard InChI is InChI=1S/C16H22O3/c1-3-4-10-14(17)15(13-8-6-5-7-9-13)16(2)18-11-12-19-16/h5-9,15H,3-4,10-12H2,1-2H3. The van der Waals surface area contributed by atoms with Crippen LogP contribution in [0.5, 0.6) is 0 Å². The molecule has 1 heterocycles. The maximum atomic E-state index is 12.5. The van der Waals surface area contributed by atoms with Gasteiger partial charge < -0.3 is 9.47 Å². The van der Waals surface area contributed by atoms with E-state index in [0.29, 0.717) is 19.6 Å². The number of carbonyl (C=O) groups is 1. The Kier molecular flexibility index (Phi) is 4.72. The molecule has 3 heteroatoms. The Morgan fingerprint density at radius 1 is 1.26 bits per heavy atom. The first-order chi connectivity index (χ1) is 9.17. The summed E-state index contributed by atoms with van der Waals surface area (Å²) in [6.45, 7) is 5.08. The number of rotatable bonds is 6. The van der Waals surface area contributed by atoms with Crippen molar-refractivity contribution in [2.75, 3.05) is 13.2 Å². The molecular formula is C16H22O3. The molecule has 3 nitrogen and oxygen atoms in total. The van der Waals surface area contributed by atoms with E-state index in [1.807, 2.05) is 37.3 Å². The van der Waals surface area contributed by atoms with Crippen LogP contribution in [-0.4, -0.2) is 24.8 Å². The van der Waals surface area contributed by atoms with E-state index in [0.717, 1.165) is 18.4 Å². The molecule has 19 heavy (non-hydrogen) atoms. The van der Waals surface area contributed by atoms with Crippen molar-refractivity contribution in [2.45, 2.75) is 44.8 Å². The Morgan fingerprint density at radius 2 is 1.89 bits per heavy atom. The number of carbonyl (C=O) groups excluding carboxylic acids is 1. The van der Waals surface area contributed by atoms with Gasteiger partial charge in [-0.25, -0.2) is 0 Å². The molecule has 0 spiro atoms. The van der Waals surface area contributed by atoms with Crippen LogP contribution >= 0.6 is 0 Å². The third kappa shape index (κ3) is 3.23. The Labute approximate surface area is 114 Å². The minimum absolute atomic E-state index is 0.206. The molecule has 1 saturated heterocycles. The summed E-state index contributed by atoms with van der Waals surface area (Å²) in [4.78, 5) is 12.5. The number of hydrogen-bond donors (Lipinski definition) is 0. The fourth-order valence-corrected chi connectivity index (χ4v) is 2.62. The van der Waals surface area contributed by atoms with Gasteiger partial charge in [0, 0.05) is 6.42 Å². The summed E-state index contributed by atoms with van der Waals surface area (Å²) in [5.41, 5.74) is 0.980. The summed E-state index contributed by atoms with van der Waals surface area (Å²) in [5.74, 6) is -0.938. The molecule has 0 amide bonds. The van der Waals surface area contributed by atoms with E-state index in [1.165, 1.54) is 0 Å². The Morgan fingerprint density at radius 3 is 2.47 bits per heavy atom. The lowest BCUT2D eigenvalue weighted by Gasteiger charge is -2.31. The van der Waals surface area contributed by atoms with Crippen LogP contribution in [0.25, 0.3) is 0 Å². The van der Waals surface area contributed by atoms with Gasteiger partial charge in [-0.15, -0.1) is 0 Å². The van der Waals surface area contributed by atoms with E-state index >= 15 is 0 Å². The predicted octanol–water partition coefficient (Wildman–Crippen LogP) is 3.29. The second-order valence-corrected chi connectivity index (χ2v) is 5.13. The number of hydrogen-bond acceptors (Lipinski definition) is 3. The van der Waals surface area contributed by atoms with Crippen LogP contribution in [-0.2, 0) is 14.3 Å². The van der Waals surface area contributed by atoms with Crippen LogP contribution in [0.4, 0.5) is 0 Å². The zero-order chi connectivity index (χ0) is 13.7. The van der Waals surface area contributed by atoms with Crippen molar-refractivity contribution in [3.63, 3.8) is 0 Å². The zero-order valence-electron chi connectivity index (χ0n) is 11.7. The molecule has 2 rings (SSSR count). The molecule has 1 aliphatic rings. The first-order valence-corrected chi connectivity index (χ1v) is 7.03. The van der Waals surface area contributed by atoms with Gasteiger partial charge in [-0.2, -0.15) is 0 Å². The molecule has 104 valence electrons. The highest BCUT2D eigenvalue weighted by Crippen LogP contribution is 2.37. The van der Waals surface area contributed by atoms with E-state index in [1.54, 1.807) is 0 Å². The van der Waals surface area contributed by atoms with Crippen LogP contribution < -0.4 is 0 Å². The lowest BCUT2D eigenvalue weighted by Crippen LogP contribution is -2.39. The van der Waals surface area contributed by atoms with Gasteiger partial charge in [0.05, 0.1) is 19.1 Å². The fourth-order valence-electron chi connectivity index (χ4n) is 2.62. The van der Waals surface area contributed by atoms with Gasteiger partial charge in [0.25, 0.3) is 0 Å². The van der Waals surface area contributed by atoms with Crippen LogP contribution in [0, 0.1) is 0 Å². The topological polar surface area (TPSA) is 35.5 Å². The molecule has 1 atom stereocenters. The molecule has 0 radical (unpaired) electrons. The summed E-state index contributed by atoms with van der Waals surface area (Å²) < 4.78 is 11.4. The molecule has 0 aromatic heterocycles. The Hall–Kier alpha value is -1.19. The first kappa shape index (κ1) is 14.2. The van der Waals surface area contributed by atoms with Crippen molar-refractivity contribution in [1.29, 1.82) is 0 Å². The van der Waals surface area contributed by atoms with E-state index in [2.05, 4.69) is 6.92 Å². The second kappa shape index (κ2) is 6.31. The Balaban J connectivity index is 2.25. The smallest absolute Gasteiger partial charge is 0.179 e. The van der Waals surface area contributed by atoms with Crippen molar-refractivity contribution >= 4 is 5.78 Å². The molecule has 1 unspecified atom stereocenters. The van der Waals surface area contributed by atoms with Crippen molar-refractivity contribution in [3.8, 4) is 0 Å². The highest BCUT2D eigenvalue weighted by molar-refractivity contribution is 5.86. The normalized spacial score (nSPS) is 19.3. The number of benzene rings is 1. The van der Waals surface area contributed by atoms with Gasteiger partial charge in [0.15, 0.2) is 5.79 Å². The van der Waals surface area contributed by atoms with E-state index in [4.69, 9.17) is 9.47 Å². The van der Waals surface area contributed by atoms with E-state index in [9.17, 15) is 4.79 Å². The van der Waals surface area contributed by atoms with E-state index < -0.39 is 5.79 Å². The lowest BCUT2D eigenvalue weighted by molar-refractivity contribution is -0.169. The maximum Gasteiger partial charge on any atom is 0.179 e. The van der Waals surface area contributed by atoms with Gasteiger partial charge in [-0.05, 0) is 18.9 Å². The molecule has 0 N–H and O–H groups in total. The summed E-state index contributed by atoms with van der Waals surface area (Å²) in [5, 5.41) is 0. The van der Waals surface area contributed by atoms with Crippen LogP contribution in [0.2, 0.25) is 0 Å². The third-order valence-electron chi connectivity index (χ3n) is 3.62. The van der Waals surface area contributed by atoms with Crippen LogP contribution in [0.3, 0.4) is 0 Å². The van der Waals surface area contributed by atoms with Gasteiger partial charge in [-0.1, -0.05) is 43.7 Å². The predicted molar refractivity (Wildman–Crippen MR) is 74.0 cm³/mol. The summed E-state index contributed by atoms with van der Waals surface area (Å²) in [7, 11) is 0. The molecular weight excluding hydrogens is 240 g/mol. The molecule has 0 bridgehead atoms. The zero-order valence-corrected chi connectivity index (χ0v) is 11.7. The summed E-state index contributed by atoms with van der Waals surface area (Å²) in [6, 6.07) is 9.81. The SMILES string of the molecule is CCCCC(=O)C(c1ccccc1)C1(C)OCCO1. The number of unbranched alkanes of at least 4 members (excludes halogenated alkanes) is 1. The number of ketones is 1. The minimum Gasteiger partial charge on any atom is -0.347 e. The average Bonchev–Trinajstić information content (AvgIpc) is 2.85. The highest BCUT2D eigenvalue weighted by Gasteiger charge is 2.44. The highest BCUT2D eigenvalue weighted by atomic mass is 16.7. The van der Waals surface area contributed by atoms with Crippen molar-refractivity contribution in [3.05, 3.63) is 35.9 Å². The third-order valence-corrected chi connectivity index (χ3v) is 3.62. The number of Topliss-reactive ketones (excluding diaryl/α,β-unsaturated/α-hetero) is 1. The fraction of sp³-hybridized carbons (Fsp3) is 0.562. The summed E-state index contributed by atoms with van der Waals surface area (Å²) >= 11 is 0. The molecule has 1 aliphatic heterocycles. The Bertz CT molecular complexity index is 407. The largest absolute Gasteiger partial charge is 0.347 e. The molecule has 1 fully saturated rings. The van der Waals surface area contributed by atoms with Gasteiger partial charge in [0.1, 0.15) is 5.78 Å². The molecule has 0 saturated carbocycles. The van der Waals surface area contributed by atoms with Crippen LogP contribution in [0.1, 0.15) is 44.6 Å². The van der Waals surface area contributed by atoms with E-state index in [-0.39, 0.29) is 11.7 Å². The summed E-state index contributed by atoms with van der Waals surface area (Å²) in [6.07, 6.45) is 2.52. The molecule has 1 aromatic carbocycles. The minimum atomic E-state index is -0.813. The van der Waals surface area contributed by atoms with Crippen molar-refractivity contribution in [2.24, 2.45) is 0 Å². The monoisotopic (exact) mass is 262 g/mol.